The Kier molecular flexibility index (Phi) is 6.90. The molecule has 5 rings (SSSR count). The zero-order chi connectivity index (χ0) is 24.4. The van der Waals surface area contributed by atoms with Crippen molar-refractivity contribution in [2.75, 3.05) is 30.8 Å². The summed E-state index contributed by atoms with van der Waals surface area (Å²) in [6.45, 7) is 2.04. The van der Waals surface area contributed by atoms with E-state index >= 15 is 0 Å². The molecule has 1 saturated heterocycles. The number of halogens is 2. The number of H-pyrrole nitrogens is 1. The van der Waals surface area contributed by atoms with Gasteiger partial charge in [0.1, 0.15) is 22.7 Å². The molecule has 1 fully saturated rings. The van der Waals surface area contributed by atoms with Gasteiger partial charge in [-0.2, -0.15) is 4.98 Å². The number of hydrogen-bond donors (Lipinski definition) is 3. The molecule has 0 amide bonds. The number of nitrogens with one attached hydrogen (secondary N) is 3. The van der Waals surface area contributed by atoms with Crippen molar-refractivity contribution < 1.29 is 4.74 Å². The van der Waals surface area contributed by atoms with Crippen LogP contribution >= 0.6 is 27.5 Å². The maximum atomic E-state index is 12.7. The number of benzene rings is 2. The second kappa shape index (κ2) is 10.2. The fraction of sp³-hybridized carbons (Fsp3) is 0.240. The summed E-state index contributed by atoms with van der Waals surface area (Å²) in [6.07, 6.45) is 3.61. The van der Waals surface area contributed by atoms with Crippen LogP contribution < -0.4 is 20.9 Å². The van der Waals surface area contributed by atoms with Crippen molar-refractivity contribution >= 4 is 55.9 Å². The van der Waals surface area contributed by atoms with Crippen molar-refractivity contribution in [1.82, 2.24) is 19.9 Å². The van der Waals surface area contributed by atoms with E-state index < -0.39 is 0 Å². The van der Waals surface area contributed by atoms with Crippen molar-refractivity contribution in [3.63, 3.8) is 0 Å². The predicted molar refractivity (Wildman–Crippen MR) is 143 cm³/mol. The normalized spacial score (nSPS) is 14.7. The molecule has 10 heteroatoms. The number of piperidine rings is 1. The number of pyridine rings is 1. The average molecular weight is 556 g/mol. The molecule has 3 N–H and O–H groups in total. The van der Waals surface area contributed by atoms with Crippen LogP contribution in [0.25, 0.3) is 10.9 Å². The first-order valence-electron chi connectivity index (χ1n) is 11.3. The zero-order valence-corrected chi connectivity index (χ0v) is 21.4. The molecule has 0 bridgehead atoms. The standard InChI is InChI=1S/C25H24BrClN6O2/c1-33-12-10-17(11-13-33)30-25-31-22-20(26)14-28-24(34)21(22)23(32-25)29-16-4-8-19(9-5-16)35-18-6-2-15(27)3-7-18/h2-9,14,17H,10-13H2,1H3,(H,28,34)(H2,29,30,31,32). The Morgan fingerprint density at radius 1 is 1.06 bits per heavy atom. The molecule has 8 nitrogen and oxygen atoms in total. The summed E-state index contributed by atoms with van der Waals surface area (Å²) >= 11 is 9.45. The van der Waals surface area contributed by atoms with Gasteiger partial charge in [-0.15, -0.1) is 0 Å². The van der Waals surface area contributed by atoms with E-state index in [0.29, 0.717) is 43.7 Å². The molecule has 1 aliphatic heterocycles. The second-order valence-electron chi connectivity index (χ2n) is 8.51. The van der Waals surface area contributed by atoms with Crippen LogP contribution in [0.3, 0.4) is 0 Å². The first-order chi connectivity index (χ1) is 16.9. The van der Waals surface area contributed by atoms with Crippen molar-refractivity contribution in [2.45, 2.75) is 18.9 Å². The largest absolute Gasteiger partial charge is 0.457 e. The highest BCUT2D eigenvalue weighted by Crippen LogP contribution is 2.29. The Morgan fingerprint density at radius 2 is 1.71 bits per heavy atom. The summed E-state index contributed by atoms with van der Waals surface area (Å²) in [4.78, 5) is 27.1. The number of hydrogen-bond acceptors (Lipinski definition) is 7. The number of rotatable bonds is 6. The van der Waals surface area contributed by atoms with Gasteiger partial charge in [0.2, 0.25) is 5.95 Å². The minimum Gasteiger partial charge on any atom is -0.457 e. The quantitative estimate of drug-likeness (QED) is 0.278. The van der Waals surface area contributed by atoms with Crippen molar-refractivity contribution in [2.24, 2.45) is 0 Å². The number of aromatic amines is 1. The number of anilines is 3. The van der Waals surface area contributed by atoms with Crippen LogP contribution in [0, 0.1) is 0 Å². The van der Waals surface area contributed by atoms with Gasteiger partial charge < -0.3 is 25.3 Å². The first kappa shape index (κ1) is 23.6. The van der Waals surface area contributed by atoms with E-state index in [0.717, 1.165) is 31.6 Å². The molecule has 1 aliphatic rings. The predicted octanol–water partition coefficient (Wildman–Crippen LogP) is 5.78. The number of likely N-dealkylation sites (tertiary alicyclic amines) is 1. The minimum absolute atomic E-state index is 0.265. The van der Waals surface area contributed by atoms with Crippen molar-refractivity contribution in [3.8, 4) is 11.5 Å². The molecule has 2 aromatic heterocycles. The van der Waals surface area contributed by atoms with Crippen LogP contribution in [0.5, 0.6) is 11.5 Å². The third-order valence-corrected chi connectivity index (χ3v) is 6.77. The van der Waals surface area contributed by atoms with Crippen LogP contribution in [0.1, 0.15) is 12.8 Å². The highest BCUT2D eigenvalue weighted by atomic mass is 79.9. The Balaban J connectivity index is 1.41. The minimum atomic E-state index is -0.265. The van der Waals surface area contributed by atoms with Gasteiger partial charge in [-0.25, -0.2) is 4.98 Å². The topological polar surface area (TPSA) is 95.2 Å². The van der Waals surface area contributed by atoms with Gasteiger partial charge in [-0.1, -0.05) is 11.6 Å². The molecule has 35 heavy (non-hydrogen) atoms. The third kappa shape index (κ3) is 5.58. The van der Waals surface area contributed by atoms with Crippen LogP contribution in [-0.4, -0.2) is 46.0 Å². The summed E-state index contributed by atoms with van der Waals surface area (Å²) in [5.41, 5.74) is 1.04. The van der Waals surface area contributed by atoms with E-state index in [1.165, 1.54) is 0 Å². The maximum absolute atomic E-state index is 12.7. The van der Waals surface area contributed by atoms with Crippen molar-refractivity contribution in [1.29, 1.82) is 0 Å². The number of fused-ring (bicyclic) bond motifs is 1. The summed E-state index contributed by atoms with van der Waals surface area (Å²) in [6, 6.07) is 14.9. The second-order valence-corrected chi connectivity index (χ2v) is 9.80. The molecule has 2 aromatic carbocycles. The Morgan fingerprint density at radius 3 is 2.40 bits per heavy atom. The van der Waals surface area contributed by atoms with E-state index in [1.807, 2.05) is 36.4 Å². The van der Waals surface area contributed by atoms with Gasteiger partial charge in [-0.3, -0.25) is 4.79 Å². The van der Waals surface area contributed by atoms with Crippen LogP contribution in [-0.2, 0) is 0 Å². The van der Waals surface area contributed by atoms with Gasteiger partial charge >= 0.3 is 0 Å². The lowest BCUT2D eigenvalue weighted by molar-refractivity contribution is 0.263. The Labute approximate surface area is 215 Å². The first-order valence-corrected chi connectivity index (χ1v) is 12.5. The fourth-order valence-electron chi connectivity index (χ4n) is 3.99. The van der Waals surface area contributed by atoms with E-state index in [1.54, 1.807) is 18.3 Å². The lowest BCUT2D eigenvalue weighted by atomic mass is 10.1. The summed E-state index contributed by atoms with van der Waals surface area (Å²) in [5.74, 6) is 2.29. The van der Waals surface area contributed by atoms with Crippen LogP contribution in [0.4, 0.5) is 17.5 Å². The molecular weight excluding hydrogens is 532 g/mol. The molecule has 180 valence electrons. The highest BCUT2D eigenvalue weighted by Gasteiger charge is 2.20. The Bertz CT molecular complexity index is 1390. The van der Waals surface area contributed by atoms with E-state index in [4.69, 9.17) is 16.3 Å². The molecule has 0 spiro atoms. The summed E-state index contributed by atoms with van der Waals surface area (Å²) < 4.78 is 6.56. The smallest absolute Gasteiger partial charge is 0.261 e. The molecule has 0 aliphatic carbocycles. The number of ether oxygens (including phenoxy) is 1. The third-order valence-electron chi connectivity index (χ3n) is 5.91. The fourth-order valence-corrected chi connectivity index (χ4v) is 4.52. The number of aromatic nitrogens is 3. The molecule has 4 aromatic rings. The van der Waals surface area contributed by atoms with Crippen LogP contribution in [0.15, 0.2) is 64.0 Å². The molecule has 0 atom stereocenters. The lowest BCUT2D eigenvalue weighted by Gasteiger charge is -2.29. The molecule has 3 heterocycles. The average Bonchev–Trinajstić information content (AvgIpc) is 2.85. The van der Waals surface area contributed by atoms with Crippen molar-refractivity contribution in [3.05, 3.63) is 74.6 Å². The molecule has 0 unspecified atom stereocenters. The van der Waals surface area contributed by atoms with Gasteiger partial charge in [0.15, 0.2) is 0 Å². The maximum Gasteiger partial charge on any atom is 0.261 e. The Hall–Kier alpha value is -3.14. The van der Waals surface area contributed by atoms with Gasteiger partial charge in [0.05, 0.1) is 9.99 Å². The zero-order valence-electron chi connectivity index (χ0n) is 19.0. The van der Waals surface area contributed by atoms with Gasteiger partial charge in [0, 0.05) is 22.9 Å². The monoisotopic (exact) mass is 554 g/mol. The SMILES string of the molecule is CN1CCC(Nc2nc(Nc3ccc(Oc4ccc(Cl)cc4)cc3)c3c(=O)[nH]cc(Br)c3n2)CC1. The lowest BCUT2D eigenvalue weighted by Crippen LogP contribution is -2.37. The van der Waals surface area contributed by atoms with E-state index in [-0.39, 0.29) is 11.6 Å². The van der Waals surface area contributed by atoms with E-state index in [2.05, 4.69) is 53.5 Å². The summed E-state index contributed by atoms with van der Waals surface area (Å²) in [7, 11) is 2.12. The molecule has 0 radical (unpaired) electrons. The number of nitrogens with zero attached hydrogens (tertiary/aromatic N) is 3. The van der Waals surface area contributed by atoms with Gasteiger partial charge in [-0.05, 0) is 97.4 Å². The molecule has 0 saturated carbocycles. The summed E-state index contributed by atoms with van der Waals surface area (Å²) in [5, 5.41) is 7.78. The van der Waals surface area contributed by atoms with Gasteiger partial charge in [0.25, 0.3) is 5.56 Å². The van der Waals surface area contributed by atoms with Crippen LogP contribution in [0.2, 0.25) is 5.02 Å². The highest BCUT2D eigenvalue weighted by molar-refractivity contribution is 9.10. The molecular formula is C25H24BrClN6O2. The van der Waals surface area contributed by atoms with E-state index in [9.17, 15) is 4.79 Å².